The Labute approximate surface area is 134 Å². The molecule has 0 radical (unpaired) electrons. The summed E-state index contributed by atoms with van der Waals surface area (Å²) in [7, 11) is 0. The zero-order chi connectivity index (χ0) is 14.8. The Balaban J connectivity index is 1.73. The van der Waals surface area contributed by atoms with Crippen molar-refractivity contribution in [1.29, 1.82) is 0 Å². The van der Waals surface area contributed by atoms with Crippen LogP contribution in [0, 0.1) is 11.8 Å². The van der Waals surface area contributed by atoms with Crippen molar-refractivity contribution >= 4 is 21.6 Å². The summed E-state index contributed by atoms with van der Waals surface area (Å²) in [4.78, 5) is 12.6. The fourth-order valence-electron chi connectivity index (χ4n) is 3.26. The number of aromatic nitrogens is 2. The Hall–Kier alpha value is -0.840. The molecule has 1 heterocycles. The van der Waals surface area contributed by atoms with Crippen molar-refractivity contribution < 1.29 is 0 Å². The van der Waals surface area contributed by atoms with Crippen LogP contribution in [-0.4, -0.2) is 15.8 Å². The van der Waals surface area contributed by atoms with E-state index in [0.717, 1.165) is 29.8 Å². The molecule has 116 valence electrons. The molecule has 4 nitrogen and oxygen atoms in total. The standard InChI is InChI=1S/C16H24BrN3O/c1-11-5-7-13(8-6-11)19-15-14(17)9-18-20(16(15)21)10-12-3-2-4-12/h9,11-13,19H,2-8,10H2,1H3. The monoisotopic (exact) mass is 353 g/mol. The fourth-order valence-corrected chi connectivity index (χ4v) is 3.63. The van der Waals surface area contributed by atoms with E-state index in [1.165, 1.54) is 32.1 Å². The molecule has 0 amide bonds. The van der Waals surface area contributed by atoms with Crippen molar-refractivity contribution in [2.45, 2.75) is 64.5 Å². The number of hydrogen-bond donors (Lipinski definition) is 1. The maximum atomic E-state index is 12.6. The fraction of sp³-hybridized carbons (Fsp3) is 0.750. The first-order valence-electron chi connectivity index (χ1n) is 8.15. The summed E-state index contributed by atoms with van der Waals surface area (Å²) in [6.45, 7) is 3.08. The highest BCUT2D eigenvalue weighted by Crippen LogP contribution is 2.29. The second-order valence-corrected chi connectivity index (χ2v) is 7.61. The van der Waals surface area contributed by atoms with E-state index in [1.807, 2.05) is 0 Å². The number of nitrogens with one attached hydrogen (secondary N) is 1. The van der Waals surface area contributed by atoms with Gasteiger partial charge in [-0.25, -0.2) is 4.68 Å². The van der Waals surface area contributed by atoms with Gasteiger partial charge < -0.3 is 5.32 Å². The summed E-state index contributed by atoms with van der Waals surface area (Å²) >= 11 is 3.48. The molecular weight excluding hydrogens is 330 g/mol. The third-order valence-corrected chi connectivity index (χ3v) is 5.62. The summed E-state index contributed by atoms with van der Waals surface area (Å²) in [6.07, 6.45) is 10.3. The van der Waals surface area contributed by atoms with Crippen LogP contribution in [0.1, 0.15) is 51.9 Å². The van der Waals surface area contributed by atoms with Gasteiger partial charge in [-0.2, -0.15) is 5.10 Å². The van der Waals surface area contributed by atoms with Crippen molar-refractivity contribution in [3.8, 4) is 0 Å². The largest absolute Gasteiger partial charge is 0.377 e. The number of hydrogen-bond acceptors (Lipinski definition) is 3. The van der Waals surface area contributed by atoms with Crippen molar-refractivity contribution in [2.24, 2.45) is 11.8 Å². The average molecular weight is 354 g/mol. The van der Waals surface area contributed by atoms with Crippen molar-refractivity contribution in [3.05, 3.63) is 21.0 Å². The molecule has 0 unspecified atom stereocenters. The van der Waals surface area contributed by atoms with E-state index in [9.17, 15) is 4.79 Å². The number of rotatable bonds is 4. The lowest BCUT2D eigenvalue weighted by atomic mass is 9.85. The molecule has 0 saturated heterocycles. The highest BCUT2D eigenvalue weighted by molar-refractivity contribution is 9.10. The molecule has 0 atom stereocenters. The van der Waals surface area contributed by atoms with Crippen LogP contribution in [0.15, 0.2) is 15.5 Å². The Kier molecular flexibility index (Phi) is 4.67. The molecule has 5 heteroatoms. The molecule has 2 fully saturated rings. The van der Waals surface area contributed by atoms with Gasteiger partial charge in [0.25, 0.3) is 5.56 Å². The lowest BCUT2D eigenvalue weighted by Gasteiger charge is -2.28. The Bertz CT molecular complexity index is 545. The van der Waals surface area contributed by atoms with E-state index in [0.29, 0.717) is 17.6 Å². The van der Waals surface area contributed by atoms with E-state index < -0.39 is 0 Å². The maximum absolute atomic E-state index is 12.6. The summed E-state index contributed by atoms with van der Waals surface area (Å²) in [5, 5.41) is 7.75. The van der Waals surface area contributed by atoms with E-state index in [2.05, 4.69) is 33.3 Å². The van der Waals surface area contributed by atoms with Crippen LogP contribution in [0.5, 0.6) is 0 Å². The van der Waals surface area contributed by atoms with Crippen LogP contribution >= 0.6 is 15.9 Å². The van der Waals surface area contributed by atoms with Gasteiger partial charge in [0.1, 0.15) is 5.69 Å². The normalized spacial score (nSPS) is 26.4. The quantitative estimate of drug-likeness (QED) is 0.895. The highest BCUT2D eigenvalue weighted by Gasteiger charge is 2.22. The predicted molar refractivity (Wildman–Crippen MR) is 88.6 cm³/mol. The van der Waals surface area contributed by atoms with Crippen LogP contribution in [0.2, 0.25) is 0 Å². The van der Waals surface area contributed by atoms with Gasteiger partial charge >= 0.3 is 0 Å². The minimum atomic E-state index is 0.0231. The molecule has 0 spiro atoms. The molecule has 0 aromatic carbocycles. The molecule has 1 N–H and O–H groups in total. The van der Waals surface area contributed by atoms with Gasteiger partial charge in [-0.05, 0) is 66.3 Å². The van der Waals surface area contributed by atoms with E-state index >= 15 is 0 Å². The number of halogens is 1. The Morgan fingerprint density at radius 3 is 2.62 bits per heavy atom. The first kappa shape index (κ1) is 15.1. The molecule has 0 aliphatic heterocycles. The lowest BCUT2D eigenvalue weighted by Crippen LogP contribution is -2.34. The second-order valence-electron chi connectivity index (χ2n) is 6.75. The zero-order valence-electron chi connectivity index (χ0n) is 12.6. The predicted octanol–water partition coefficient (Wildman–Crippen LogP) is 3.80. The van der Waals surface area contributed by atoms with E-state index in [4.69, 9.17) is 0 Å². The van der Waals surface area contributed by atoms with Crippen molar-refractivity contribution in [1.82, 2.24) is 9.78 Å². The van der Waals surface area contributed by atoms with Crippen LogP contribution in [-0.2, 0) is 6.54 Å². The molecule has 2 aliphatic rings. The van der Waals surface area contributed by atoms with Gasteiger partial charge in [0, 0.05) is 12.6 Å². The summed E-state index contributed by atoms with van der Waals surface area (Å²) in [5.41, 5.74) is 0.721. The summed E-state index contributed by atoms with van der Waals surface area (Å²) in [5.74, 6) is 1.46. The molecule has 2 saturated carbocycles. The first-order chi connectivity index (χ1) is 10.1. The molecule has 2 aliphatic carbocycles. The SMILES string of the molecule is CC1CCC(Nc2c(Br)cnn(CC3CCC3)c2=O)CC1. The minimum absolute atomic E-state index is 0.0231. The smallest absolute Gasteiger partial charge is 0.291 e. The molecule has 3 rings (SSSR count). The molecule has 1 aromatic rings. The van der Waals surface area contributed by atoms with Crippen LogP contribution in [0.4, 0.5) is 5.69 Å². The van der Waals surface area contributed by atoms with Gasteiger partial charge in [-0.1, -0.05) is 13.3 Å². The topological polar surface area (TPSA) is 46.9 Å². The average Bonchev–Trinajstić information content (AvgIpc) is 2.43. The van der Waals surface area contributed by atoms with Crippen LogP contribution in [0.3, 0.4) is 0 Å². The maximum Gasteiger partial charge on any atom is 0.291 e. The van der Waals surface area contributed by atoms with Crippen LogP contribution < -0.4 is 10.9 Å². The Morgan fingerprint density at radius 1 is 1.29 bits per heavy atom. The summed E-state index contributed by atoms with van der Waals surface area (Å²) in [6, 6.07) is 0.421. The van der Waals surface area contributed by atoms with Gasteiger partial charge in [0.2, 0.25) is 0 Å². The number of anilines is 1. The molecular formula is C16H24BrN3O. The molecule has 21 heavy (non-hydrogen) atoms. The first-order valence-corrected chi connectivity index (χ1v) is 8.95. The van der Waals surface area contributed by atoms with Gasteiger partial charge in [-0.15, -0.1) is 0 Å². The Morgan fingerprint density at radius 2 is 2.00 bits per heavy atom. The van der Waals surface area contributed by atoms with E-state index in [1.54, 1.807) is 10.9 Å². The second kappa shape index (κ2) is 6.51. The van der Waals surface area contributed by atoms with Crippen molar-refractivity contribution in [3.63, 3.8) is 0 Å². The number of nitrogens with zero attached hydrogens (tertiary/aromatic N) is 2. The molecule has 0 bridgehead atoms. The minimum Gasteiger partial charge on any atom is -0.377 e. The third kappa shape index (κ3) is 3.50. The van der Waals surface area contributed by atoms with Gasteiger partial charge in [0.05, 0.1) is 10.7 Å². The lowest BCUT2D eigenvalue weighted by molar-refractivity contribution is 0.261. The van der Waals surface area contributed by atoms with Gasteiger partial charge in [0.15, 0.2) is 0 Å². The third-order valence-electron chi connectivity index (χ3n) is 5.02. The zero-order valence-corrected chi connectivity index (χ0v) is 14.2. The molecule has 1 aromatic heterocycles. The highest BCUT2D eigenvalue weighted by atomic mass is 79.9. The van der Waals surface area contributed by atoms with E-state index in [-0.39, 0.29) is 5.56 Å². The van der Waals surface area contributed by atoms with Crippen molar-refractivity contribution in [2.75, 3.05) is 5.32 Å². The van der Waals surface area contributed by atoms with Gasteiger partial charge in [-0.3, -0.25) is 4.79 Å². The van der Waals surface area contributed by atoms with Crippen LogP contribution in [0.25, 0.3) is 0 Å². The summed E-state index contributed by atoms with van der Waals surface area (Å²) < 4.78 is 2.43.